The van der Waals surface area contributed by atoms with Crippen LogP contribution in [-0.2, 0) is 14.3 Å². The van der Waals surface area contributed by atoms with E-state index in [2.05, 4.69) is 19.2 Å². The number of rotatable bonds is 3. The quantitative estimate of drug-likeness (QED) is 0.737. The molecule has 0 aromatic rings. The van der Waals surface area contributed by atoms with E-state index in [1.807, 2.05) is 0 Å². The molecule has 1 saturated heterocycles. The van der Waals surface area contributed by atoms with Crippen LogP contribution in [0.5, 0.6) is 0 Å². The van der Waals surface area contributed by atoms with Gasteiger partial charge in [0.2, 0.25) is 5.91 Å². The average molecular weight is 433 g/mol. The molecule has 0 spiro atoms. The van der Waals surface area contributed by atoms with Gasteiger partial charge in [-0.25, -0.2) is 4.39 Å². The van der Waals surface area contributed by atoms with Gasteiger partial charge in [-0.05, 0) is 80.6 Å². The first kappa shape index (κ1) is 21.4. The largest absolute Gasteiger partial charge is 0.376 e. The SMILES string of the molecule is CN1C(=O)C(F)=C[C@]2(C)[C@H]3CC[C@]4(C)[C@@H](C(=O)NC[C@H]5CCCO5)CC[C@H]4[C@@H]3CC[C@@H]12. The minimum atomic E-state index is -0.590. The van der Waals surface area contributed by atoms with E-state index in [0.717, 1.165) is 58.0 Å². The van der Waals surface area contributed by atoms with Crippen LogP contribution in [0, 0.1) is 34.5 Å². The molecule has 2 amide bonds. The first-order chi connectivity index (χ1) is 14.8. The number of hydrogen-bond acceptors (Lipinski definition) is 3. The van der Waals surface area contributed by atoms with Gasteiger partial charge in [0.15, 0.2) is 5.83 Å². The summed E-state index contributed by atoms with van der Waals surface area (Å²) in [6.07, 6.45) is 9.99. The lowest BCUT2D eigenvalue weighted by atomic mass is 9.47. The lowest BCUT2D eigenvalue weighted by Crippen LogP contribution is -2.60. The molecule has 1 N–H and O–H groups in total. The molecule has 6 heteroatoms. The molecule has 3 saturated carbocycles. The molecule has 5 aliphatic rings. The zero-order valence-electron chi connectivity index (χ0n) is 19.2. The van der Waals surface area contributed by atoms with E-state index in [1.165, 1.54) is 0 Å². The topological polar surface area (TPSA) is 58.6 Å². The Hall–Kier alpha value is -1.43. The summed E-state index contributed by atoms with van der Waals surface area (Å²) < 4.78 is 20.2. The van der Waals surface area contributed by atoms with Crippen LogP contribution >= 0.6 is 0 Å². The van der Waals surface area contributed by atoms with E-state index in [0.29, 0.717) is 24.3 Å². The molecule has 5 nitrogen and oxygen atoms in total. The third-order valence-electron chi connectivity index (χ3n) is 10.0. The highest BCUT2D eigenvalue weighted by Gasteiger charge is 2.62. The number of carbonyl (C=O) groups is 2. The molecule has 172 valence electrons. The molecule has 3 aliphatic carbocycles. The van der Waals surface area contributed by atoms with E-state index in [4.69, 9.17) is 4.74 Å². The molecule has 2 heterocycles. The Labute approximate surface area is 185 Å². The molecule has 2 aliphatic heterocycles. The van der Waals surface area contributed by atoms with Crippen LogP contribution in [0.1, 0.15) is 65.2 Å². The van der Waals surface area contributed by atoms with Gasteiger partial charge in [0.1, 0.15) is 0 Å². The summed E-state index contributed by atoms with van der Waals surface area (Å²) in [6, 6.07) is 0.0806. The van der Waals surface area contributed by atoms with Crippen molar-refractivity contribution in [2.75, 3.05) is 20.2 Å². The maximum Gasteiger partial charge on any atom is 0.282 e. The van der Waals surface area contributed by atoms with Crippen LogP contribution in [0.15, 0.2) is 11.9 Å². The predicted molar refractivity (Wildman–Crippen MR) is 116 cm³/mol. The fourth-order valence-electron chi connectivity index (χ4n) is 8.40. The molecule has 4 fully saturated rings. The van der Waals surface area contributed by atoms with Crippen LogP contribution in [0.4, 0.5) is 4.39 Å². The number of halogens is 1. The van der Waals surface area contributed by atoms with Crippen LogP contribution in [0.2, 0.25) is 0 Å². The summed E-state index contributed by atoms with van der Waals surface area (Å²) in [5.74, 6) is 0.586. The second-order valence-corrected chi connectivity index (χ2v) is 11.3. The Morgan fingerprint density at radius 1 is 1.19 bits per heavy atom. The van der Waals surface area contributed by atoms with Crippen LogP contribution in [0.3, 0.4) is 0 Å². The van der Waals surface area contributed by atoms with E-state index >= 15 is 0 Å². The highest BCUT2D eigenvalue weighted by atomic mass is 19.1. The number of likely N-dealkylation sites (N-methyl/N-ethyl adjacent to an activating group) is 1. The molecule has 0 unspecified atom stereocenters. The van der Waals surface area contributed by atoms with Crippen molar-refractivity contribution in [2.24, 2.45) is 34.5 Å². The van der Waals surface area contributed by atoms with Crippen molar-refractivity contribution in [2.45, 2.75) is 77.4 Å². The van der Waals surface area contributed by atoms with Crippen molar-refractivity contribution in [3.05, 3.63) is 11.9 Å². The second kappa shape index (κ2) is 7.57. The number of nitrogens with one attached hydrogen (secondary N) is 1. The highest BCUT2D eigenvalue weighted by Crippen LogP contribution is 2.65. The summed E-state index contributed by atoms with van der Waals surface area (Å²) in [4.78, 5) is 27.0. The van der Waals surface area contributed by atoms with Crippen molar-refractivity contribution in [1.29, 1.82) is 0 Å². The fourth-order valence-corrected chi connectivity index (χ4v) is 8.40. The second-order valence-electron chi connectivity index (χ2n) is 11.3. The number of fused-ring (bicyclic) bond motifs is 5. The van der Waals surface area contributed by atoms with Gasteiger partial charge in [-0.15, -0.1) is 0 Å². The Kier molecular flexibility index (Phi) is 5.23. The molecule has 0 aromatic heterocycles. The summed E-state index contributed by atoms with van der Waals surface area (Å²) in [6.45, 7) is 5.94. The van der Waals surface area contributed by atoms with Crippen molar-refractivity contribution in [3.8, 4) is 0 Å². The maximum absolute atomic E-state index is 14.5. The monoisotopic (exact) mass is 432 g/mol. The van der Waals surface area contributed by atoms with E-state index in [1.54, 1.807) is 18.0 Å². The Balaban J connectivity index is 1.34. The first-order valence-electron chi connectivity index (χ1n) is 12.3. The van der Waals surface area contributed by atoms with Crippen molar-refractivity contribution in [3.63, 3.8) is 0 Å². The standard InChI is InChI=1S/C25H37FN2O3/c1-24-11-10-18-16(6-9-21-25(18,2)13-20(26)23(30)28(21)3)17(24)7-8-19(24)22(29)27-14-15-5-4-12-31-15/h13,15-19,21H,4-12,14H2,1-3H3,(H,27,29)/t15-,16+,17+,18+,19-,21-,24+,25-/m1/s1. The first-order valence-corrected chi connectivity index (χ1v) is 12.3. The minimum absolute atomic E-state index is 0.0175. The number of nitrogens with zero attached hydrogens (tertiary/aromatic N) is 1. The summed E-state index contributed by atoms with van der Waals surface area (Å²) in [5.41, 5.74) is -0.291. The maximum atomic E-state index is 14.5. The van der Waals surface area contributed by atoms with Gasteiger partial charge in [-0.1, -0.05) is 13.8 Å². The van der Waals surface area contributed by atoms with Crippen LogP contribution in [-0.4, -0.2) is 49.1 Å². The number of ether oxygens (including phenoxy) is 1. The van der Waals surface area contributed by atoms with Gasteiger partial charge in [0, 0.05) is 37.6 Å². The molecule has 31 heavy (non-hydrogen) atoms. The summed E-state index contributed by atoms with van der Waals surface area (Å²) in [5, 5.41) is 3.20. The molecule has 0 bridgehead atoms. The molecule has 8 atom stereocenters. The zero-order chi connectivity index (χ0) is 22.0. The third kappa shape index (κ3) is 3.19. The molecule has 0 radical (unpaired) electrons. The average Bonchev–Trinajstić information content (AvgIpc) is 3.37. The van der Waals surface area contributed by atoms with Crippen molar-refractivity contribution in [1.82, 2.24) is 10.2 Å². The Bertz CT molecular complexity index is 794. The predicted octanol–water partition coefficient (Wildman–Crippen LogP) is 3.83. The lowest BCUT2D eigenvalue weighted by molar-refractivity contribution is -0.145. The number of hydrogen-bond donors (Lipinski definition) is 1. The molecule has 5 rings (SSSR count). The smallest absolute Gasteiger partial charge is 0.282 e. The normalized spacial score (nSPS) is 46.8. The molecular weight excluding hydrogens is 395 g/mol. The van der Waals surface area contributed by atoms with E-state index in [-0.39, 0.29) is 34.8 Å². The Morgan fingerprint density at radius 2 is 2.00 bits per heavy atom. The summed E-state index contributed by atoms with van der Waals surface area (Å²) >= 11 is 0. The van der Waals surface area contributed by atoms with Crippen LogP contribution in [0.25, 0.3) is 0 Å². The minimum Gasteiger partial charge on any atom is -0.376 e. The zero-order valence-corrected chi connectivity index (χ0v) is 19.2. The van der Waals surface area contributed by atoms with Gasteiger partial charge in [0.05, 0.1) is 6.10 Å². The van der Waals surface area contributed by atoms with E-state index < -0.39 is 11.7 Å². The number of amides is 2. The van der Waals surface area contributed by atoms with Crippen molar-refractivity contribution < 1.29 is 18.7 Å². The van der Waals surface area contributed by atoms with Gasteiger partial charge in [-0.2, -0.15) is 0 Å². The molecule has 0 aromatic carbocycles. The third-order valence-corrected chi connectivity index (χ3v) is 10.0. The van der Waals surface area contributed by atoms with Crippen LogP contribution < -0.4 is 5.32 Å². The number of carbonyl (C=O) groups excluding carboxylic acids is 2. The highest BCUT2D eigenvalue weighted by molar-refractivity contribution is 5.92. The van der Waals surface area contributed by atoms with Crippen molar-refractivity contribution >= 4 is 11.8 Å². The molecular formula is C25H37FN2O3. The van der Waals surface area contributed by atoms with Gasteiger partial charge >= 0.3 is 0 Å². The van der Waals surface area contributed by atoms with Gasteiger partial charge in [0.25, 0.3) is 5.91 Å². The fraction of sp³-hybridized carbons (Fsp3) is 0.840. The van der Waals surface area contributed by atoms with E-state index in [9.17, 15) is 14.0 Å². The van der Waals surface area contributed by atoms with Gasteiger partial charge in [-0.3, -0.25) is 9.59 Å². The van der Waals surface area contributed by atoms with Gasteiger partial charge < -0.3 is 15.0 Å². The summed E-state index contributed by atoms with van der Waals surface area (Å²) in [7, 11) is 1.76. The lowest BCUT2D eigenvalue weighted by Gasteiger charge is -2.60. The Morgan fingerprint density at radius 3 is 2.74 bits per heavy atom.